The lowest BCUT2D eigenvalue weighted by atomic mass is 10.5. The Morgan fingerprint density at radius 1 is 1.39 bits per heavy atom. The summed E-state index contributed by atoms with van der Waals surface area (Å²) in [6, 6.07) is 0.922. The minimum atomic E-state index is -0.697. The molecule has 3 amide bonds. The fourth-order valence-corrected chi connectivity index (χ4v) is 2.80. The monoisotopic (exact) mass is 398 g/mol. The molecular weight excluding hydrogens is 392 g/mol. The SMILES string of the molecule is CNC(=O)NC(=O)COC(=O)c1cc(Br)c(Br)s1. The van der Waals surface area contributed by atoms with Crippen LogP contribution in [0.5, 0.6) is 0 Å². The smallest absolute Gasteiger partial charge is 0.348 e. The van der Waals surface area contributed by atoms with E-state index in [0.717, 1.165) is 8.26 Å². The molecule has 18 heavy (non-hydrogen) atoms. The Hall–Kier alpha value is -0.930. The van der Waals surface area contributed by atoms with E-state index in [1.54, 1.807) is 6.07 Å². The number of hydrogen-bond donors (Lipinski definition) is 2. The largest absolute Gasteiger partial charge is 0.451 e. The van der Waals surface area contributed by atoms with Gasteiger partial charge in [-0.15, -0.1) is 11.3 Å². The first-order chi connectivity index (χ1) is 8.43. The Labute approximate surface area is 123 Å². The molecule has 0 atom stereocenters. The number of thiophene rings is 1. The molecule has 0 unspecified atom stereocenters. The number of hydrogen-bond acceptors (Lipinski definition) is 5. The number of urea groups is 1. The summed E-state index contributed by atoms with van der Waals surface area (Å²) in [7, 11) is 1.37. The van der Waals surface area contributed by atoms with Gasteiger partial charge in [-0.25, -0.2) is 9.59 Å². The first kappa shape index (κ1) is 15.1. The van der Waals surface area contributed by atoms with E-state index in [1.165, 1.54) is 18.4 Å². The van der Waals surface area contributed by atoms with Crippen molar-refractivity contribution in [2.45, 2.75) is 0 Å². The third-order valence-corrected chi connectivity index (χ3v) is 4.90. The summed E-state index contributed by atoms with van der Waals surface area (Å²) in [5.41, 5.74) is 0. The maximum Gasteiger partial charge on any atom is 0.348 e. The van der Waals surface area contributed by atoms with Crippen molar-refractivity contribution in [2.75, 3.05) is 13.7 Å². The second-order valence-electron chi connectivity index (χ2n) is 2.94. The van der Waals surface area contributed by atoms with Gasteiger partial charge >= 0.3 is 12.0 Å². The lowest BCUT2D eigenvalue weighted by Crippen LogP contribution is -2.39. The van der Waals surface area contributed by atoms with Gasteiger partial charge in [-0.05, 0) is 37.9 Å². The number of esters is 1. The summed E-state index contributed by atoms with van der Waals surface area (Å²) >= 11 is 7.64. The molecule has 1 aromatic rings. The molecule has 0 spiro atoms. The Balaban J connectivity index is 2.46. The van der Waals surface area contributed by atoms with Crippen LogP contribution in [0.4, 0.5) is 4.79 Å². The number of nitrogens with one attached hydrogen (secondary N) is 2. The van der Waals surface area contributed by atoms with Gasteiger partial charge in [-0.2, -0.15) is 0 Å². The molecule has 1 aromatic heterocycles. The summed E-state index contributed by atoms with van der Waals surface area (Å²) in [6.45, 7) is -0.514. The Morgan fingerprint density at radius 2 is 2.06 bits per heavy atom. The van der Waals surface area contributed by atoms with Gasteiger partial charge in [0.15, 0.2) is 6.61 Å². The number of ether oxygens (including phenoxy) is 1. The predicted octanol–water partition coefficient (Wildman–Crippen LogP) is 1.89. The number of carbonyl (C=O) groups excluding carboxylic acids is 3. The van der Waals surface area contributed by atoms with E-state index < -0.39 is 24.5 Å². The molecule has 1 rings (SSSR count). The molecule has 98 valence electrons. The van der Waals surface area contributed by atoms with Gasteiger partial charge in [0.05, 0.1) is 3.79 Å². The van der Waals surface area contributed by atoms with Crippen molar-refractivity contribution in [3.63, 3.8) is 0 Å². The highest BCUT2D eigenvalue weighted by Gasteiger charge is 2.15. The highest BCUT2D eigenvalue weighted by molar-refractivity contribution is 9.13. The van der Waals surface area contributed by atoms with Crippen LogP contribution in [0.3, 0.4) is 0 Å². The van der Waals surface area contributed by atoms with Crippen molar-refractivity contribution in [1.29, 1.82) is 0 Å². The number of rotatable bonds is 3. The second-order valence-corrected chi connectivity index (χ2v) is 6.16. The average molecular weight is 400 g/mol. The van der Waals surface area contributed by atoms with Crippen LogP contribution in [-0.4, -0.2) is 31.6 Å². The maximum absolute atomic E-state index is 11.5. The number of carbonyl (C=O) groups is 3. The summed E-state index contributed by atoms with van der Waals surface area (Å²) in [5, 5.41) is 4.18. The minimum Gasteiger partial charge on any atom is -0.451 e. The molecule has 0 aliphatic carbocycles. The molecular formula is C9H8Br2N2O4S. The molecule has 0 aliphatic heterocycles. The van der Waals surface area contributed by atoms with Gasteiger partial charge in [-0.1, -0.05) is 0 Å². The quantitative estimate of drug-likeness (QED) is 0.760. The summed E-state index contributed by atoms with van der Waals surface area (Å²) in [6.07, 6.45) is 0. The van der Waals surface area contributed by atoms with Crippen LogP contribution in [0.25, 0.3) is 0 Å². The topological polar surface area (TPSA) is 84.5 Å². The number of halogens is 2. The summed E-state index contributed by atoms with van der Waals surface area (Å²) in [4.78, 5) is 33.8. The third-order valence-electron chi connectivity index (χ3n) is 1.66. The van der Waals surface area contributed by atoms with Crippen molar-refractivity contribution >= 4 is 61.1 Å². The lowest BCUT2D eigenvalue weighted by molar-refractivity contribution is -0.123. The second kappa shape index (κ2) is 6.86. The molecule has 0 saturated carbocycles. The molecule has 6 nitrogen and oxygen atoms in total. The molecule has 1 heterocycles. The molecule has 0 radical (unpaired) electrons. The van der Waals surface area contributed by atoms with Crippen molar-refractivity contribution in [1.82, 2.24) is 10.6 Å². The summed E-state index contributed by atoms with van der Waals surface area (Å²) in [5.74, 6) is -1.32. The van der Waals surface area contributed by atoms with Crippen LogP contribution in [0, 0.1) is 0 Å². The van der Waals surface area contributed by atoms with Gasteiger partial charge < -0.3 is 10.1 Å². The van der Waals surface area contributed by atoms with Gasteiger partial charge in [0, 0.05) is 11.5 Å². The normalized spacial score (nSPS) is 9.72. The van der Waals surface area contributed by atoms with Crippen molar-refractivity contribution in [2.24, 2.45) is 0 Å². The van der Waals surface area contributed by atoms with E-state index >= 15 is 0 Å². The van der Waals surface area contributed by atoms with Crippen molar-refractivity contribution in [3.05, 3.63) is 19.2 Å². The lowest BCUT2D eigenvalue weighted by Gasteiger charge is -2.03. The van der Waals surface area contributed by atoms with E-state index in [9.17, 15) is 14.4 Å². The zero-order valence-corrected chi connectivity index (χ0v) is 13.1. The fourth-order valence-electron chi connectivity index (χ4n) is 0.875. The molecule has 0 aromatic carbocycles. The van der Waals surface area contributed by atoms with E-state index in [0.29, 0.717) is 4.88 Å². The zero-order chi connectivity index (χ0) is 13.7. The molecule has 2 N–H and O–H groups in total. The van der Waals surface area contributed by atoms with Crippen LogP contribution in [-0.2, 0) is 9.53 Å². The van der Waals surface area contributed by atoms with Gasteiger partial charge in [-0.3, -0.25) is 10.1 Å². The maximum atomic E-state index is 11.5. The van der Waals surface area contributed by atoms with Crippen LogP contribution in [0.15, 0.2) is 14.3 Å². The van der Waals surface area contributed by atoms with Gasteiger partial charge in [0.1, 0.15) is 4.88 Å². The first-order valence-electron chi connectivity index (χ1n) is 4.57. The fraction of sp³-hybridized carbons (Fsp3) is 0.222. The number of imide groups is 1. The van der Waals surface area contributed by atoms with Crippen LogP contribution < -0.4 is 10.6 Å². The first-order valence-corrected chi connectivity index (χ1v) is 6.97. The van der Waals surface area contributed by atoms with Crippen molar-refractivity contribution in [3.8, 4) is 0 Å². The predicted molar refractivity (Wildman–Crippen MR) is 72.6 cm³/mol. The van der Waals surface area contributed by atoms with E-state index in [4.69, 9.17) is 4.74 Å². The van der Waals surface area contributed by atoms with Gasteiger partial charge in [0.2, 0.25) is 0 Å². The van der Waals surface area contributed by atoms with Gasteiger partial charge in [0.25, 0.3) is 5.91 Å². The molecule has 0 aliphatic rings. The van der Waals surface area contributed by atoms with E-state index in [2.05, 4.69) is 37.2 Å². The molecule has 0 fully saturated rings. The molecule has 0 bridgehead atoms. The third kappa shape index (κ3) is 4.39. The van der Waals surface area contributed by atoms with Crippen molar-refractivity contribution < 1.29 is 19.1 Å². The van der Waals surface area contributed by atoms with E-state index in [-0.39, 0.29) is 0 Å². The van der Waals surface area contributed by atoms with Crippen LogP contribution in [0.1, 0.15) is 9.67 Å². The summed E-state index contributed by atoms with van der Waals surface area (Å²) < 4.78 is 6.23. The minimum absolute atomic E-state index is 0.349. The zero-order valence-electron chi connectivity index (χ0n) is 9.08. The Morgan fingerprint density at radius 3 is 2.56 bits per heavy atom. The standard InChI is InChI=1S/C9H8Br2N2O4S/c1-12-9(16)13-6(14)3-17-8(15)5-2-4(10)7(11)18-5/h2H,3H2,1H3,(H2,12,13,14,16). The highest BCUT2D eigenvalue weighted by atomic mass is 79.9. The van der Waals surface area contributed by atoms with Crippen LogP contribution >= 0.6 is 43.2 Å². The average Bonchev–Trinajstić information content (AvgIpc) is 2.66. The Bertz CT molecular complexity index is 469. The number of amides is 3. The van der Waals surface area contributed by atoms with Crippen LogP contribution in [0.2, 0.25) is 0 Å². The molecule has 9 heteroatoms. The molecule has 0 saturated heterocycles. The van der Waals surface area contributed by atoms with E-state index in [1.807, 2.05) is 5.32 Å². The Kier molecular flexibility index (Phi) is 5.76. The highest BCUT2D eigenvalue weighted by Crippen LogP contribution is 2.32.